The fraction of sp³-hybridized carbons (Fsp3) is 0.240. The van der Waals surface area contributed by atoms with Crippen molar-refractivity contribution in [1.29, 1.82) is 0 Å². The van der Waals surface area contributed by atoms with Gasteiger partial charge < -0.3 is 0 Å². The molecule has 0 bridgehead atoms. The van der Waals surface area contributed by atoms with Gasteiger partial charge >= 0.3 is 0 Å². The van der Waals surface area contributed by atoms with Crippen molar-refractivity contribution in [2.75, 3.05) is 0 Å². The highest BCUT2D eigenvalue weighted by Crippen LogP contribution is 2.41. The lowest BCUT2D eigenvalue weighted by Gasteiger charge is -2.20. The molecule has 0 spiro atoms. The molecule has 10 aromatic rings. The van der Waals surface area contributed by atoms with Gasteiger partial charge in [0.2, 0.25) is 0 Å². The summed E-state index contributed by atoms with van der Waals surface area (Å²) in [5, 5.41) is 0. The predicted octanol–water partition coefficient (Wildman–Crippen LogP) is 20.7. The summed E-state index contributed by atoms with van der Waals surface area (Å²) in [7, 11) is 0. The molecule has 0 fully saturated rings. The second-order valence-corrected chi connectivity index (χ2v) is 25.7. The second kappa shape index (κ2) is 20.7. The molecule has 9 aromatic carbocycles. The minimum Gasteiger partial charge on any atom is -0.208 e. The van der Waals surface area contributed by atoms with Crippen molar-refractivity contribution in [3.8, 4) is 101 Å². The van der Waals surface area contributed by atoms with Crippen molar-refractivity contribution >= 4 is 0 Å². The van der Waals surface area contributed by atoms with Gasteiger partial charge in [-0.3, -0.25) is 0 Å². The first-order valence-corrected chi connectivity index (χ1v) is 27.7. The van der Waals surface area contributed by atoms with Gasteiger partial charge in [0.1, 0.15) is 0 Å². The molecular weight excluding hydrogens is 943 g/mol. The van der Waals surface area contributed by atoms with E-state index in [1.165, 1.54) is 55.6 Å². The first kappa shape index (κ1) is 53.4. The number of hydrogen-bond acceptors (Lipinski definition) is 3. The van der Waals surface area contributed by atoms with Gasteiger partial charge in [-0.15, -0.1) is 0 Å². The maximum Gasteiger partial charge on any atom is 0.164 e. The molecule has 10 rings (SSSR count). The van der Waals surface area contributed by atoms with Crippen molar-refractivity contribution in [2.24, 2.45) is 0 Å². The van der Waals surface area contributed by atoms with E-state index in [0.717, 1.165) is 61.2 Å². The SMILES string of the molecule is Cc1ccc(-c2nc(-c3ccc(C)cc3)nc(-c3cc(-c4cc(-c5ccc(C(C)(C)C)cc5)cc(-c5ccc(C(C)(C)C)cc5)c4)cc(-c4cc(-c5ccc(C(C)(C)C)cc5)cc(-c5ccc(C(C)(C)C)cc5)c4)c3)n2)cc1. The van der Waals surface area contributed by atoms with Gasteiger partial charge in [-0.05, 0) is 179 Å². The molecule has 0 N–H and O–H groups in total. The van der Waals surface area contributed by atoms with Gasteiger partial charge in [-0.2, -0.15) is 0 Å². The van der Waals surface area contributed by atoms with Gasteiger partial charge in [-0.1, -0.05) is 240 Å². The smallest absolute Gasteiger partial charge is 0.164 e. The lowest BCUT2D eigenvalue weighted by Crippen LogP contribution is -2.10. The molecule has 0 aliphatic rings. The predicted molar refractivity (Wildman–Crippen MR) is 333 cm³/mol. The average molecular weight is 1020 g/mol. The highest BCUT2D eigenvalue weighted by atomic mass is 15.0. The van der Waals surface area contributed by atoms with E-state index in [1.807, 2.05) is 0 Å². The van der Waals surface area contributed by atoms with E-state index in [1.54, 1.807) is 0 Å². The molecule has 0 aliphatic carbocycles. The van der Waals surface area contributed by atoms with Crippen LogP contribution in [0.25, 0.3) is 101 Å². The van der Waals surface area contributed by atoms with E-state index in [4.69, 9.17) is 15.0 Å². The first-order chi connectivity index (χ1) is 36.9. The maximum atomic E-state index is 5.37. The zero-order valence-electron chi connectivity index (χ0n) is 48.4. The van der Waals surface area contributed by atoms with Crippen LogP contribution in [0.5, 0.6) is 0 Å². The standard InChI is InChI=1S/C75H75N3/c1-48-15-19-54(20-16-48)69-76-70(55-21-17-49(2)18-22-55)78-71(77-69)64-46-62(60-41-56(50-23-31-65(32-24-50)72(3,4)5)39-57(42-60)51-25-33-66(34-26-51)73(6,7)8)45-63(47-64)61-43-58(52-27-35-67(36-28-52)74(9,10)11)40-59(44-61)53-29-37-68(38-30-53)75(12,13)14/h15-47H,1-14H3. The van der Waals surface area contributed by atoms with E-state index in [2.05, 4.69) is 297 Å². The number of aryl methyl sites for hydroxylation is 2. The Morgan fingerprint density at radius 3 is 0.564 bits per heavy atom. The quantitative estimate of drug-likeness (QED) is 0.145. The van der Waals surface area contributed by atoms with Crippen molar-refractivity contribution in [3.05, 3.63) is 234 Å². The maximum absolute atomic E-state index is 5.37. The van der Waals surface area contributed by atoms with E-state index in [-0.39, 0.29) is 21.7 Å². The molecule has 1 heterocycles. The molecule has 0 saturated carbocycles. The highest BCUT2D eigenvalue weighted by molar-refractivity contribution is 5.88. The minimum atomic E-state index is 0.0355. The van der Waals surface area contributed by atoms with Crippen LogP contribution in [0.2, 0.25) is 0 Å². The largest absolute Gasteiger partial charge is 0.208 e. The summed E-state index contributed by atoms with van der Waals surface area (Å²) < 4.78 is 0. The first-order valence-electron chi connectivity index (χ1n) is 27.7. The summed E-state index contributed by atoms with van der Waals surface area (Å²) in [5.41, 5.74) is 24.1. The summed E-state index contributed by atoms with van der Waals surface area (Å²) >= 11 is 0. The fourth-order valence-electron chi connectivity index (χ4n) is 10.2. The van der Waals surface area contributed by atoms with Gasteiger partial charge in [0.25, 0.3) is 0 Å². The number of rotatable bonds is 9. The Labute approximate surface area is 465 Å². The topological polar surface area (TPSA) is 38.7 Å². The number of hydrogen-bond donors (Lipinski definition) is 0. The molecule has 78 heavy (non-hydrogen) atoms. The normalized spacial score (nSPS) is 12.2. The Hall–Kier alpha value is -8.01. The summed E-state index contributed by atoms with van der Waals surface area (Å²) in [6.45, 7) is 31.5. The van der Waals surface area contributed by atoms with Crippen LogP contribution in [0.4, 0.5) is 0 Å². The average Bonchev–Trinajstić information content (AvgIpc) is 3.50. The lowest BCUT2D eigenvalue weighted by molar-refractivity contribution is 0.590. The summed E-state index contributed by atoms with van der Waals surface area (Å²) in [6.07, 6.45) is 0. The molecular formula is C75H75N3. The molecule has 0 saturated heterocycles. The molecule has 1 aromatic heterocycles. The molecule has 0 atom stereocenters. The molecule has 3 heteroatoms. The minimum absolute atomic E-state index is 0.0355. The molecule has 0 aliphatic heterocycles. The van der Waals surface area contributed by atoms with Crippen molar-refractivity contribution in [1.82, 2.24) is 15.0 Å². The van der Waals surface area contributed by atoms with Crippen LogP contribution >= 0.6 is 0 Å². The van der Waals surface area contributed by atoms with Crippen LogP contribution in [0.1, 0.15) is 116 Å². The number of aromatic nitrogens is 3. The summed E-state index contributed by atoms with van der Waals surface area (Å²) in [5.74, 6) is 1.87. The van der Waals surface area contributed by atoms with E-state index < -0.39 is 0 Å². The van der Waals surface area contributed by atoms with Crippen LogP contribution in [0.15, 0.2) is 200 Å². The van der Waals surface area contributed by atoms with E-state index >= 15 is 0 Å². The molecule has 0 unspecified atom stereocenters. The monoisotopic (exact) mass is 1020 g/mol. The Kier molecular flexibility index (Phi) is 14.2. The van der Waals surface area contributed by atoms with Gasteiger partial charge in [0.15, 0.2) is 17.5 Å². The molecule has 3 nitrogen and oxygen atoms in total. The van der Waals surface area contributed by atoms with Crippen molar-refractivity contribution in [3.63, 3.8) is 0 Å². The fourth-order valence-corrected chi connectivity index (χ4v) is 10.2. The third kappa shape index (κ3) is 11.9. The lowest BCUT2D eigenvalue weighted by atomic mass is 9.84. The van der Waals surface area contributed by atoms with Gasteiger partial charge in [0.05, 0.1) is 0 Å². The van der Waals surface area contributed by atoms with Crippen LogP contribution in [0, 0.1) is 13.8 Å². The van der Waals surface area contributed by atoms with Crippen LogP contribution in [-0.4, -0.2) is 15.0 Å². The molecule has 0 radical (unpaired) electrons. The number of nitrogens with zero attached hydrogens (tertiary/aromatic N) is 3. The summed E-state index contributed by atoms with van der Waals surface area (Å²) in [4.78, 5) is 15.9. The zero-order valence-corrected chi connectivity index (χ0v) is 48.4. The Balaban J connectivity index is 1.25. The molecule has 0 amide bonds. The third-order valence-corrected chi connectivity index (χ3v) is 15.3. The zero-order chi connectivity index (χ0) is 55.3. The van der Waals surface area contributed by atoms with Gasteiger partial charge in [0, 0.05) is 16.7 Å². The van der Waals surface area contributed by atoms with Crippen LogP contribution in [-0.2, 0) is 21.7 Å². The summed E-state index contributed by atoms with van der Waals surface area (Å²) in [6, 6.07) is 74.6. The Bertz CT molecular complexity index is 3360. The molecule has 390 valence electrons. The Morgan fingerprint density at radius 1 is 0.192 bits per heavy atom. The van der Waals surface area contributed by atoms with Crippen LogP contribution in [0.3, 0.4) is 0 Å². The van der Waals surface area contributed by atoms with Gasteiger partial charge in [-0.25, -0.2) is 15.0 Å². The number of benzene rings is 9. The van der Waals surface area contributed by atoms with E-state index in [0.29, 0.717) is 17.5 Å². The highest BCUT2D eigenvalue weighted by Gasteiger charge is 2.21. The second-order valence-electron chi connectivity index (χ2n) is 25.7. The van der Waals surface area contributed by atoms with Crippen molar-refractivity contribution in [2.45, 2.75) is 119 Å². The van der Waals surface area contributed by atoms with E-state index in [9.17, 15) is 0 Å². The van der Waals surface area contributed by atoms with Crippen LogP contribution < -0.4 is 0 Å². The Morgan fingerprint density at radius 2 is 0.359 bits per heavy atom. The third-order valence-electron chi connectivity index (χ3n) is 15.3. The van der Waals surface area contributed by atoms with Crippen molar-refractivity contribution < 1.29 is 0 Å².